The van der Waals surface area contributed by atoms with Crippen molar-refractivity contribution < 1.29 is 0 Å². The van der Waals surface area contributed by atoms with E-state index >= 15 is 0 Å². The average molecular weight is 99.2 g/mol. The Bertz CT molecular complexity index is 29.0. The first-order valence-electron chi connectivity index (χ1n) is 3.06. The second kappa shape index (κ2) is 4.17. The predicted molar refractivity (Wildman–Crippen MR) is 34.1 cm³/mol. The topological polar surface area (TPSA) is 0 Å². The van der Waals surface area contributed by atoms with Gasteiger partial charge in [-0.2, -0.15) is 20.3 Å². The Kier molecular flexibility index (Phi) is 4.17. The highest BCUT2D eigenvalue weighted by Crippen LogP contribution is 2.06. The fourth-order valence-electron chi connectivity index (χ4n) is 0.530. The molecule has 0 heteroatoms. The molecule has 7 heavy (non-hydrogen) atoms. The summed E-state index contributed by atoms with van der Waals surface area (Å²) in [5, 5.41) is 0. The van der Waals surface area contributed by atoms with Crippen molar-refractivity contribution in [2.24, 2.45) is 0 Å². The minimum atomic E-state index is 1.32. The fraction of sp³-hybridized carbons (Fsp3) is 0.857. The maximum absolute atomic E-state index is 2.23. The molecule has 0 radical (unpaired) electrons. The second-order valence-electron chi connectivity index (χ2n) is 2.31. The van der Waals surface area contributed by atoms with Crippen molar-refractivity contribution in [1.82, 2.24) is 0 Å². The fourth-order valence-corrected chi connectivity index (χ4v) is 0.530. The van der Waals surface area contributed by atoms with E-state index in [2.05, 4.69) is 20.8 Å². The largest absolute Gasteiger partial charge is 0.320 e. The smallest absolute Gasteiger partial charge is 0.0586 e. The van der Waals surface area contributed by atoms with E-state index in [1.165, 1.54) is 19.3 Å². The Hall–Kier alpha value is 0. The van der Waals surface area contributed by atoms with Crippen LogP contribution in [-0.4, -0.2) is 0 Å². The molecule has 0 aromatic carbocycles. The van der Waals surface area contributed by atoms with Crippen LogP contribution >= 0.6 is 0 Å². The van der Waals surface area contributed by atoms with Crippen LogP contribution in [0.4, 0.5) is 0 Å². The maximum Gasteiger partial charge on any atom is -0.0586 e. The zero-order valence-electron chi connectivity index (χ0n) is 5.62. The molecule has 0 heterocycles. The first-order chi connectivity index (χ1) is 3.27. The lowest BCUT2D eigenvalue weighted by atomic mass is 10.1. The molecule has 0 rings (SSSR count). The summed E-state index contributed by atoms with van der Waals surface area (Å²) >= 11 is 0. The van der Waals surface area contributed by atoms with Crippen molar-refractivity contribution in [2.75, 3.05) is 0 Å². The monoisotopic (exact) mass is 99.1 g/mol. The van der Waals surface area contributed by atoms with Crippen LogP contribution in [0, 0.1) is 5.92 Å². The van der Waals surface area contributed by atoms with Crippen molar-refractivity contribution in [3.05, 3.63) is 5.92 Å². The molecule has 0 bridgehead atoms. The van der Waals surface area contributed by atoms with Gasteiger partial charge in [0, 0.05) is 0 Å². The van der Waals surface area contributed by atoms with Gasteiger partial charge in [0.2, 0.25) is 0 Å². The molecule has 0 unspecified atom stereocenters. The first kappa shape index (κ1) is 7.00. The summed E-state index contributed by atoms with van der Waals surface area (Å²) in [7, 11) is 0. The quantitative estimate of drug-likeness (QED) is 0.477. The molecule has 0 saturated heterocycles. The van der Waals surface area contributed by atoms with Crippen LogP contribution in [0.3, 0.4) is 0 Å². The molecule has 0 aromatic heterocycles. The van der Waals surface area contributed by atoms with Crippen LogP contribution in [-0.2, 0) is 0 Å². The molecule has 0 saturated carbocycles. The Morgan fingerprint density at radius 3 is 2.00 bits per heavy atom. The third kappa shape index (κ3) is 6.00. The van der Waals surface area contributed by atoms with Crippen LogP contribution in [0.2, 0.25) is 0 Å². The van der Waals surface area contributed by atoms with Gasteiger partial charge in [-0.1, -0.05) is 19.8 Å². The van der Waals surface area contributed by atoms with Gasteiger partial charge in [-0.05, 0) is 0 Å². The minimum absolute atomic E-state index is 1.32. The summed E-state index contributed by atoms with van der Waals surface area (Å²) in [6.45, 7) is 6.61. The normalized spacial score (nSPS) is 10.3. The summed E-state index contributed by atoms with van der Waals surface area (Å²) in [5.41, 5.74) is 0. The van der Waals surface area contributed by atoms with Crippen LogP contribution < -0.4 is 0 Å². The van der Waals surface area contributed by atoms with Gasteiger partial charge in [0.1, 0.15) is 0 Å². The molecule has 0 aromatic rings. The third-order valence-electron chi connectivity index (χ3n) is 1.03. The standard InChI is InChI=1S/C7H15/c1-4-5-6-7(2)3/h4-6H2,1-3H3/q-1. The SMILES string of the molecule is CCCC[C-](C)C. The lowest BCUT2D eigenvalue weighted by Crippen LogP contribution is -1.81. The minimum Gasteiger partial charge on any atom is -0.320 e. The Morgan fingerprint density at radius 1 is 1.29 bits per heavy atom. The van der Waals surface area contributed by atoms with Crippen LogP contribution in [0.1, 0.15) is 40.0 Å². The zero-order valence-corrected chi connectivity index (χ0v) is 5.62. The molecule has 0 nitrogen and oxygen atoms in total. The summed E-state index contributed by atoms with van der Waals surface area (Å²) in [6.07, 6.45) is 4.00. The van der Waals surface area contributed by atoms with Crippen LogP contribution in [0.5, 0.6) is 0 Å². The van der Waals surface area contributed by atoms with Crippen LogP contribution in [0.15, 0.2) is 0 Å². The highest BCUT2D eigenvalue weighted by atomic mass is 13.9. The molecule has 44 valence electrons. The Labute approximate surface area is 46.9 Å². The van der Waals surface area contributed by atoms with Crippen molar-refractivity contribution in [3.63, 3.8) is 0 Å². The lowest BCUT2D eigenvalue weighted by molar-refractivity contribution is 0.729. The molecule has 0 amide bonds. The third-order valence-corrected chi connectivity index (χ3v) is 1.03. The van der Waals surface area contributed by atoms with Crippen molar-refractivity contribution in [2.45, 2.75) is 40.0 Å². The van der Waals surface area contributed by atoms with Gasteiger partial charge in [-0.25, -0.2) is 0 Å². The second-order valence-corrected chi connectivity index (χ2v) is 2.31. The average Bonchev–Trinajstić information content (AvgIpc) is 1.61. The van der Waals surface area contributed by atoms with E-state index < -0.39 is 0 Å². The van der Waals surface area contributed by atoms with Crippen molar-refractivity contribution in [3.8, 4) is 0 Å². The molecular formula is C7H15-. The Balaban J connectivity index is 2.68. The van der Waals surface area contributed by atoms with E-state index in [1.807, 2.05) is 0 Å². The van der Waals surface area contributed by atoms with E-state index in [1.54, 1.807) is 5.92 Å². The maximum atomic E-state index is 2.23. The zero-order chi connectivity index (χ0) is 5.70. The van der Waals surface area contributed by atoms with Crippen molar-refractivity contribution in [1.29, 1.82) is 0 Å². The summed E-state index contributed by atoms with van der Waals surface area (Å²) in [4.78, 5) is 0. The molecule has 0 spiro atoms. The van der Waals surface area contributed by atoms with E-state index in [4.69, 9.17) is 0 Å². The molecule has 0 aliphatic heterocycles. The molecular weight excluding hydrogens is 84.1 g/mol. The number of rotatable bonds is 3. The summed E-state index contributed by atoms with van der Waals surface area (Å²) in [6, 6.07) is 0. The first-order valence-corrected chi connectivity index (χ1v) is 3.06. The van der Waals surface area contributed by atoms with E-state index in [0.29, 0.717) is 0 Å². The Morgan fingerprint density at radius 2 is 1.86 bits per heavy atom. The lowest BCUT2D eigenvalue weighted by Gasteiger charge is -2.14. The van der Waals surface area contributed by atoms with Gasteiger partial charge >= 0.3 is 0 Å². The summed E-state index contributed by atoms with van der Waals surface area (Å²) < 4.78 is 0. The van der Waals surface area contributed by atoms with Gasteiger partial charge in [-0.15, -0.1) is 0 Å². The molecule has 0 N–H and O–H groups in total. The van der Waals surface area contributed by atoms with Gasteiger partial charge < -0.3 is 5.92 Å². The van der Waals surface area contributed by atoms with E-state index in [9.17, 15) is 0 Å². The molecule has 0 atom stereocenters. The van der Waals surface area contributed by atoms with E-state index in [0.717, 1.165) is 0 Å². The number of hydrogen-bond donors (Lipinski definition) is 0. The van der Waals surface area contributed by atoms with Crippen molar-refractivity contribution >= 4 is 0 Å². The predicted octanol–water partition coefficient (Wildman–Crippen LogP) is 2.79. The van der Waals surface area contributed by atoms with E-state index in [-0.39, 0.29) is 0 Å². The highest BCUT2D eigenvalue weighted by molar-refractivity contribution is 4.75. The molecule has 0 aliphatic rings. The van der Waals surface area contributed by atoms with Gasteiger partial charge in [-0.3, -0.25) is 0 Å². The number of unbranched alkanes of at least 4 members (excludes halogenated alkanes) is 1. The van der Waals surface area contributed by atoms with Gasteiger partial charge in [0.15, 0.2) is 0 Å². The highest BCUT2D eigenvalue weighted by Gasteiger charge is 1.75. The number of hydrogen-bond acceptors (Lipinski definition) is 0. The summed E-state index contributed by atoms with van der Waals surface area (Å²) in [5.74, 6) is 1.56. The molecule has 0 aliphatic carbocycles. The molecule has 0 fully saturated rings. The van der Waals surface area contributed by atoms with Crippen LogP contribution in [0.25, 0.3) is 0 Å². The van der Waals surface area contributed by atoms with Gasteiger partial charge in [0.25, 0.3) is 0 Å². The van der Waals surface area contributed by atoms with Gasteiger partial charge in [0.05, 0.1) is 0 Å².